The molecule has 5 nitrogen and oxygen atoms in total. The Morgan fingerprint density at radius 3 is 2.50 bits per heavy atom. The van der Waals surface area contributed by atoms with E-state index in [2.05, 4.69) is 15.1 Å². The quantitative estimate of drug-likeness (QED) is 0.723. The number of rotatable bonds is 4. The van der Waals surface area contributed by atoms with Crippen molar-refractivity contribution in [1.29, 1.82) is 0 Å². The van der Waals surface area contributed by atoms with Crippen LogP contribution in [-0.4, -0.2) is 35.4 Å². The largest absolute Gasteiger partial charge is 0.497 e. The maximum atomic E-state index is 5.24. The van der Waals surface area contributed by atoms with Gasteiger partial charge in [-0.15, -0.1) is 21.5 Å². The van der Waals surface area contributed by atoms with Gasteiger partial charge in [-0.2, -0.15) is 0 Å². The number of anilines is 1. The van der Waals surface area contributed by atoms with Gasteiger partial charge in [-0.05, 0) is 48.6 Å². The van der Waals surface area contributed by atoms with Gasteiger partial charge in [0, 0.05) is 18.7 Å². The standard InChI is InChI=1S/C18H18N4OS/c1-23-14-8-6-13(7-9-14)16-18(22-10-2-3-11-22)19-17(21-20-16)15-5-4-12-24-15/h4-9,12H,2-3,10-11H2,1H3. The molecule has 0 unspecified atom stereocenters. The van der Waals surface area contributed by atoms with Crippen LogP contribution < -0.4 is 9.64 Å². The molecule has 1 aromatic carbocycles. The lowest BCUT2D eigenvalue weighted by Gasteiger charge is -2.19. The zero-order valence-corrected chi connectivity index (χ0v) is 14.3. The molecule has 0 radical (unpaired) electrons. The summed E-state index contributed by atoms with van der Waals surface area (Å²) in [5.41, 5.74) is 1.84. The highest BCUT2D eigenvalue weighted by molar-refractivity contribution is 7.13. The molecule has 3 heterocycles. The molecule has 0 aliphatic carbocycles. The Morgan fingerprint density at radius 1 is 1.04 bits per heavy atom. The Labute approximate surface area is 145 Å². The molecule has 2 aromatic heterocycles. The van der Waals surface area contributed by atoms with Gasteiger partial charge in [0.05, 0.1) is 12.0 Å². The van der Waals surface area contributed by atoms with E-state index in [0.29, 0.717) is 5.82 Å². The maximum Gasteiger partial charge on any atom is 0.193 e. The van der Waals surface area contributed by atoms with Gasteiger partial charge in [0.15, 0.2) is 11.6 Å². The van der Waals surface area contributed by atoms with E-state index in [0.717, 1.165) is 40.8 Å². The molecule has 6 heteroatoms. The minimum Gasteiger partial charge on any atom is -0.497 e. The van der Waals surface area contributed by atoms with E-state index < -0.39 is 0 Å². The molecule has 0 atom stereocenters. The Hall–Kier alpha value is -2.47. The molecule has 0 saturated carbocycles. The van der Waals surface area contributed by atoms with Crippen molar-refractivity contribution in [3.63, 3.8) is 0 Å². The summed E-state index contributed by atoms with van der Waals surface area (Å²) in [6.45, 7) is 2.04. The molecule has 1 fully saturated rings. The molecule has 3 aromatic rings. The fourth-order valence-electron chi connectivity index (χ4n) is 2.91. The number of ether oxygens (including phenoxy) is 1. The number of thiophene rings is 1. The lowest BCUT2D eigenvalue weighted by Crippen LogP contribution is -2.21. The average Bonchev–Trinajstić information content (AvgIpc) is 3.35. The smallest absolute Gasteiger partial charge is 0.193 e. The first-order valence-electron chi connectivity index (χ1n) is 8.03. The number of aromatic nitrogens is 3. The van der Waals surface area contributed by atoms with E-state index in [1.165, 1.54) is 12.8 Å². The van der Waals surface area contributed by atoms with Gasteiger partial charge in [-0.25, -0.2) is 4.98 Å². The summed E-state index contributed by atoms with van der Waals surface area (Å²) in [6.07, 6.45) is 2.39. The van der Waals surface area contributed by atoms with Crippen LogP contribution >= 0.6 is 11.3 Å². The van der Waals surface area contributed by atoms with E-state index in [4.69, 9.17) is 9.72 Å². The van der Waals surface area contributed by atoms with Crippen molar-refractivity contribution in [2.75, 3.05) is 25.1 Å². The van der Waals surface area contributed by atoms with Gasteiger partial charge in [0.1, 0.15) is 11.4 Å². The summed E-state index contributed by atoms with van der Waals surface area (Å²) < 4.78 is 5.24. The normalized spacial score (nSPS) is 14.1. The third-order valence-corrected chi connectivity index (χ3v) is 5.04. The van der Waals surface area contributed by atoms with Crippen LogP contribution in [0.1, 0.15) is 12.8 Å². The first-order valence-corrected chi connectivity index (χ1v) is 8.91. The lowest BCUT2D eigenvalue weighted by molar-refractivity contribution is 0.415. The number of hydrogen-bond acceptors (Lipinski definition) is 6. The first-order chi connectivity index (χ1) is 11.8. The van der Waals surface area contributed by atoms with Crippen LogP contribution in [0, 0.1) is 0 Å². The molecule has 24 heavy (non-hydrogen) atoms. The summed E-state index contributed by atoms with van der Waals surface area (Å²) in [5.74, 6) is 2.46. The Kier molecular flexibility index (Phi) is 4.13. The van der Waals surface area contributed by atoms with Gasteiger partial charge in [-0.1, -0.05) is 6.07 Å². The van der Waals surface area contributed by atoms with Gasteiger partial charge in [-0.3, -0.25) is 0 Å². The van der Waals surface area contributed by atoms with Crippen molar-refractivity contribution >= 4 is 17.2 Å². The van der Waals surface area contributed by atoms with Crippen molar-refractivity contribution in [1.82, 2.24) is 15.2 Å². The number of nitrogens with zero attached hydrogens (tertiary/aromatic N) is 4. The minimum absolute atomic E-state index is 0.698. The second-order valence-electron chi connectivity index (χ2n) is 5.71. The van der Waals surface area contributed by atoms with Gasteiger partial charge < -0.3 is 9.64 Å². The number of hydrogen-bond donors (Lipinski definition) is 0. The molecule has 122 valence electrons. The van der Waals surface area contributed by atoms with E-state index in [9.17, 15) is 0 Å². The van der Waals surface area contributed by atoms with E-state index in [1.807, 2.05) is 41.8 Å². The molecular weight excluding hydrogens is 320 g/mol. The summed E-state index contributed by atoms with van der Waals surface area (Å²) in [5, 5.41) is 10.9. The summed E-state index contributed by atoms with van der Waals surface area (Å²) in [4.78, 5) is 8.20. The molecule has 0 spiro atoms. The SMILES string of the molecule is COc1ccc(-c2nnc(-c3cccs3)nc2N2CCCC2)cc1. The minimum atomic E-state index is 0.698. The third kappa shape index (κ3) is 2.85. The molecular formula is C18H18N4OS. The van der Waals surface area contributed by atoms with Crippen LogP contribution in [0.25, 0.3) is 22.0 Å². The van der Waals surface area contributed by atoms with Crippen LogP contribution in [0.2, 0.25) is 0 Å². The van der Waals surface area contributed by atoms with Crippen molar-refractivity contribution in [3.05, 3.63) is 41.8 Å². The Bertz CT molecular complexity index is 812. The summed E-state index contributed by atoms with van der Waals surface area (Å²) >= 11 is 1.63. The monoisotopic (exact) mass is 338 g/mol. The molecule has 0 bridgehead atoms. The van der Waals surface area contributed by atoms with Crippen LogP contribution in [-0.2, 0) is 0 Å². The van der Waals surface area contributed by atoms with Crippen LogP contribution in [0.3, 0.4) is 0 Å². The van der Waals surface area contributed by atoms with Crippen molar-refractivity contribution < 1.29 is 4.74 Å². The van der Waals surface area contributed by atoms with Crippen LogP contribution in [0.15, 0.2) is 41.8 Å². The molecule has 1 aliphatic heterocycles. The third-order valence-electron chi connectivity index (χ3n) is 4.18. The summed E-state index contributed by atoms with van der Waals surface area (Å²) in [6, 6.07) is 11.9. The molecule has 0 N–H and O–H groups in total. The summed E-state index contributed by atoms with van der Waals surface area (Å²) in [7, 11) is 1.67. The predicted octanol–water partition coefficient (Wildman–Crippen LogP) is 3.88. The van der Waals surface area contributed by atoms with E-state index in [-0.39, 0.29) is 0 Å². The maximum absolute atomic E-state index is 5.24. The topological polar surface area (TPSA) is 51.1 Å². The highest BCUT2D eigenvalue weighted by atomic mass is 32.1. The highest BCUT2D eigenvalue weighted by Gasteiger charge is 2.21. The molecule has 1 saturated heterocycles. The Balaban J connectivity index is 1.79. The fraction of sp³-hybridized carbons (Fsp3) is 0.278. The molecule has 1 aliphatic rings. The van der Waals surface area contributed by atoms with Crippen LogP contribution in [0.5, 0.6) is 5.75 Å². The van der Waals surface area contributed by atoms with Crippen molar-refractivity contribution in [2.45, 2.75) is 12.8 Å². The first kappa shape index (κ1) is 15.1. The van der Waals surface area contributed by atoms with Crippen LogP contribution in [0.4, 0.5) is 5.82 Å². The number of benzene rings is 1. The van der Waals surface area contributed by atoms with Gasteiger partial charge >= 0.3 is 0 Å². The predicted molar refractivity (Wildman–Crippen MR) is 96.6 cm³/mol. The zero-order valence-electron chi connectivity index (χ0n) is 13.5. The number of methoxy groups -OCH3 is 1. The second kappa shape index (κ2) is 6.57. The van der Waals surface area contributed by atoms with Crippen molar-refractivity contribution in [2.24, 2.45) is 0 Å². The van der Waals surface area contributed by atoms with Gasteiger partial charge in [0.25, 0.3) is 0 Å². The average molecular weight is 338 g/mol. The molecule has 4 rings (SSSR count). The van der Waals surface area contributed by atoms with E-state index >= 15 is 0 Å². The molecule has 0 amide bonds. The zero-order chi connectivity index (χ0) is 16.4. The second-order valence-corrected chi connectivity index (χ2v) is 6.66. The fourth-order valence-corrected chi connectivity index (χ4v) is 3.57. The highest BCUT2D eigenvalue weighted by Crippen LogP contribution is 2.32. The van der Waals surface area contributed by atoms with Crippen molar-refractivity contribution in [3.8, 4) is 27.7 Å². The Morgan fingerprint density at radius 2 is 1.83 bits per heavy atom. The lowest BCUT2D eigenvalue weighted by atomic mass is 10.1. The van der Waals surface area contributed by atoms with E-state index in [1.54, 1.807) is 18.4 Å². The van der Waals surface area contributed by atoms with Gasteiger partial charge in [0.2, 0.25) is 0 Å².